The van der Waals surface area contributed by atoms with E-state index in [9.17, 15) is 36.4 Å². The Morgan fingerprint density at radius 3 is 2.47 bits per heavy atom. The van der Waals surface area contributed by atoms with Crippen molar-refractivity contribution in [2.24, 2.45) is 13.0 Å². The van der Waals surface area contributed by atoms with E-state index in [-0.39, 0.29) is 58.2 Å². The third-order valence-electron chi connectivity index (χ3n) is 9.76. The van der Waals surface area contributed by atoms with Gasteiger partial charge in [0.05, 0.1) is 30.1 Å². The Bertz CT molecular complexity index is 2050. The van der Waals surface area contributed by atoms with Crippen molar-refractivity contribution in [1.82, 2.24) is 29.6 Å². The van der Waals surface area contributed by atoms with Gasteiger partial charge >= 0.3 is 12.4 Å². The molecule has 1 aliphatic carbocycles. The molecule has 16 heteroatoms. The Kier molecular flexibility index (Phi) is 8.52. The minimum Gasteiger partial charge on any atom is -0.364 e. The average molecular weight is 710 g/mol. The maximum absolute atomic E-state index is 14.6. The van der Waals surface area contributed by atoms with Crippen LogP contribution in [0, 0.1) is 17.2 Å². The standard InChI is InChI=1S/C35H33F6N9O/c1-20-4-3-9-49(16-20)17-21-10-24-26(27(11-21)34(36,37)38)18-50(32(24)51)30-13-22(12-29(45-30)46-33(5-6-33)7-8-42)23-14-28(35(39,40)41)43-15-25(23)31-47-44-19-48(31)2/h10-15,19-20H,3-7,9,16-18H2,1-2H3,(H,45,46)/t20-/m0/s1. The van der Waals surface area contributed by atoms with Gasteiger partial charge in [0.2, 0.25) is 0 Å². The van der Waals surface area contributed by atoms with Crippen molar-refractivity contribution < 1.29 is 31.1 Å². The van der Waals surface area contributed by atoms with E-state index in [1.165, 1.54) is 29.1 Å². The highest BCUT2D eigenvalue weighted by atomic mass is 19.4. The number of hydrogen-bond donors (Lipinski definition) is 1. The maximum atomic E-state index is 14.6. The van der Waals surface area contributed by atoms with E-state index in [1.54, 1.807) is 7.05 Å². The van der Waals surface area contributed by atoms with Gasteiger partial charge < -0.3 is 9.88 Å². The van der Waals surface area contributed by atoms with Gasteiger partial charge in [0.1, 0.15) is 23.7 Å². The molecule has 1 atom stereocenters. The fraction of sp³-hybridized carbons (Fsp3) is 0.429. The molecule has 0 unspecified atom stereocenters. The number of nitrogens with one attached hydrogen (secondary N) is 1. The molecule has 7 rings (SSSR count). The van der Waals surface area contributed by atoms with Crippen molar-refractivity contribution in [3.8, 4) is 28.6 Å². The number of piperidine rings is 1. The Hall–Kier alpha value is -5.04. The second-order valence-electron chi connectivity index (χ2n) is 13.8. The Balaban J connectivity index is 1.35. The van der Waals surface area contributed by atoms with E-state index >= 15 is 0 Å². The van der Waals surface area contributed by atoms with Crippen LogP contribution in [-0.2, 0) is 32.5 Å². The van der Waals surface area contributed by atoms with Crippen LogP contribution in [0.5, 0.6) is 0 Å². The van der Waals surface area contributed by atoms with E-state index in [0.717, 1.165) is 49.2 Å². The van der Waals surface area contributed by atoms with Gasteiger partial charge in [0, 0.05) is 37.5 Å². The number of alkyl halides is 6. The third-order valence-corrected chi connectivity index (χ3v) is 9.76. The lowest BCUT2D eigenvalue weighted by atomic mass is 9.96. The largest absolute Gasteiger partial charge is 0.433 e. The van der Waals surface area contributed by atoms with E-state index < -0.39 is 41.6 Å². The number of fused-ring (bicyclic) bond motifs is 1. The maximum Gasteiger partial charge on any atom is 0.433 e. The van der Waals surface area contributed by atoms with Crippen molar-refractivity contribution in [3.63, 3.8) is 0 Å². The van der Waals surface area contributed by atoms with Crippen molar-refractivity contribution >= 4 is 17.5 Å². The number of hydrogen-bond acceptors (Lipinski definition) is 8. The number of pyridine rings is 2. The number of benzene rings is 1. The number of aromatic nitrogens is 5. The van der Waals surface area contributed by atoms with E-state index in [4.69, 9.17) is 0 Å². The molecule has 0 spiro atoms. The lowest BCUT2D eigenvalue weighted by molar-refractivity contribution is -0.141. The van der Waals surface area contributed by atoms with E-state index in [1.807, 2.05) is 0 Å². The molecule has 2 fully saturated rings. The molecule has 3 aromatic heterocycles. The van der Waals surface area contributed by atoms with Gasteiger partial charge in [-0.05, 0) is 90.7 Å². The van der Waals surface area contributed by atoms with Crippen LogP contribution in [0.2, 0.25) is 0 Å². The molecule has 1 aromatic carbocycles. The van der Waals surface area contributed by atoms with Crippen LogP contribution < -0.4 is 10.2 Å². The summed E-state index contributed by atoms with van der Waals surface area (Å²) in [6, 6.07) is 8.45. The van der Waals surface area contributed by atoms with Crippen molar-refractivity contribution in [2.75, 3.05) is 23.3 Å². The van der Waals surface area contributed by atoms with Crippen LogP contribution in [0.15, 0.2) is 42.9 Å². The molecule has 10 nitrogen and oxygen atoms in total. The van der Waals surface area contributed by atoms with Gasteiger partial charge in [0.15, 0.2) is 5.82 Å². The molecule has 3 aliphatic rings. The molecule has 0 radical (unpaired) electrons. The molecule has 0 bridgehead atoms. The molecular formula is C35H33F6N9O. The van der Waals surface area contributed by atoms with Gasteiger partial charge in [-0.15, -0.1) is 10.2 Å². The first-order valence-electron chi connectivity index (χ1n) is 16.5. The smallest absolute Gasteiger partial charge is 0.364 e. The van der Waals surface area contributed by atoms with Crippen molar-refractivity contribution in [3.05, 3.63) is 70.8 Å². The summed E-state index contributed by atoms with van der Waals surface area (Å²) in [7, 11) is 1.61. The number of aryl methyl sites for hydroxylation is 1. The first-order chi connectivity index (χ1) is 24.1. The highest BCUT2D eigenvalue weighted by Gasteiger charge is 2.44. The summed E-state index contributed by atoms with van der Waals surface area (Å²) in [5, 5.41) is 20.6. The second kappa shape index (κ2) is 12.6. The molecule has 1 amide bonds. The average Bonchev–Trinajstić information content (AvgIpc) is 3.53. The monoisotopic (exact) mass is 709 g/mol. The predicted molar refractivity (Wildman–Crippen MR) is 174 cm³/mol. The molecule has 266 valence electrons. The first-order valence-corrected chi connectivity index (χ1v) is 16.5. The number of nitrogens with zero attached hydrogens (tertiary/aromatic N) is 8. The number of likely N-dealkylation sites (tertiary alicyclic amines) is 1. The quantitative estimate of drug-likeness (QED) is 0.191. The van der Waals surface area contributed by atoms with Crippen molar-refractivity contribution in [1.29, 1.82) is 5.26 Å². The van der Waals surface area contributed by atoms with Crippen LogP contribution in [0.3, 0.4) is 0 Å². The zero-order valence-electron chi connectivity index (χ0n) is 27.7. The highest BCUT2D eigenvalue weighted by molar-refractivity contribution is 6.10. The van der Waals surface area contributed by atoms with Crippen LogP contribution in [-0.4, -0.2) is 54.2 Å². The van der Waals surface area contributed by atoms with E-state index in [2.05, 4.69) is 43.4 Å². The number of nitriles is 1. The van der Waals surface area contributed by atoms with Crippen molar-refractivity contribution in [2.45, 2.75) is 70.0 Å². The summed E-state index contributed by atoms with van der Waals surface area (Å²) in [6.07, 6.45) is -3.81. The number of amides is 1. The SMILES string of the molecule is C[C@H]1CCCN(Cc2cc3c(c(C(F)(F)F)c2)CN(c2cc(-c4cc(C(F)(F)F)ncc4-c4nncn4C)cc(NC4(CC#N)CC4)n2)C3=O)C1. The molecule has 1 N–H and O–H groups in total. The Morgan fingerprint density at radius 1 is 1.04 bits per heavy atom. The molecular weight excluding hydrogens is 676 g/mol. The topological polar surface area (TPSA) is 116 Å². The van der Waals surface area contributed by atoms with Crippen LogP contribution in [0.1, 0.15) is 71.8 Å². The molecule has 4 aromatic rings. The zero-order valence-corrected chi connectivity index (χ0v) is 27.7. The van der Waals surface area contributed by atoms with Crippen LogP contribution in [0.25, 0.3) is 22.5 Å². The third kappa shape index (κ3) is 6.86. The van der Waals surface area contributed by atoms with Gasteiger partial charge in [-0.2, -0.15) is 31.6 Å². The zero-order chi connectivity index (χ0) is 36.3. The molecule has 2 aliphatic heterocycles. The first kappa shape index (κ1) is 34.4. The molecule has 5 heterocycles. The fourth-order valence-electron chi connectivity index (χ4n) is 7.03. The Morgan fingerprint density at radius 2 is 1.82 bits per heavy atom. The van der Waals surface area contributed by atoms with Gasteiger partial charge in [-0.25, -0.2) is 4.98 Å². The lowest BCUT2D eigenvalue weighted by Gasteiger charge is -2.31. The molecule has 1 saturated heterocycles. The number of carbonyl (C=O) groups is 1. The summed E-state index contributed by atoms with van der Waals surface area (Å²) in [4.78, 5) is 25.5. The lowest BCUT2D eigenvalue weighted by Crippen LogP contribution is -2.33. The summed E-state index contributed by atoms with van der Waals surface area (Å²) in [5.74, 6) is -0.0324. The van der Waals surface area contributed by atoms with Gasteiger partial charge in [-0.3, -0.25) is 19.6 Å². The van der Waals surface area contributed by atoms with Gasteiger partial charge in [0.25, 0.3) is 5.91 Å². The normalized spacial score (nSPS) is 18.8. The summed E-state index contributed by atoms with van der Waals surface area (Å²) >= 11 is 0. The number of carbonyl (C=O) groups excluding carboxylic acids is 1. The molecule has 1 saturated carbocycles. The second-order valence-corrected chi connectivity index (χ2v) is 13.8. The van der Waals surface area contributed by atoms with Crippen LogP contribution >= 0.6 is 0 Å². The minimum atomic E-state index is -4.81. The van der Waals surface area contributed by atoms with Gasteiger partial charge in [-0.1, -0.05) is 6.92 Å². The number of halogens is 6. The predicted octanol–water partition coefficient (Wildman–Crippen LogP) is 7.23. The summed E-state index contributed by atoms with van der Waals surface area (Å²) < 4.78 is 87.2. The summed E-state index contributed by atoms with van der Waals surface area (Å²) in [6.45, 7) is 3.37. The number of anilines is 2. The number of rotatable bonds is 8. The van der Waals surface area contributed by atoms with Crippen LogP contribution in [0.4, 0.5) is 38.0 Å². The fourth-order valence-corrected chi connectivity index (χ4v) is 7.03. The van der Waals surface area contributed by atoms with E-state index in [0.29, 0.717) is 24.3 Å². The minimum absolute atomic E-state index is 0.0310. The molecule has 51 heavy (non-hydrogen) atoms. The Labute approximate surface area is 289 Å². The highest BCUT2D eigenvalue weighted by Crippen LogP contribution is 2.45. The summed E-state index contributed by atoms with van der Waals surface area (Å²) in [5.41, 5.74) is -2.28.